The molecule has 0 amide bonds. The van der Waals surface area contributed by atoms with Gasteiger partial charge in [0.05, 0.1) is 0 Å². The van der Waals surface area contributed by atoms with Gasteiger partial charge in [0.25, 0.3) is 0 Å². The maximum absolute atomic E-state index is 11.5. The standard InChI is InChI=1S/C14H16O2S.C2H4/c1-17(16)13-4-2-3-10(8-13)14-6-5-12(15)7-11(14)9-14;1-2/h2-4,8,11H,5-7,9H2,1H3;1-2H2. The molecule has 2 aliphatic rings. The van der Waals surface area contributed by atoms with E-state index in [0.29, 0.717) is 11.7 Å². The van der Waals surface area contributed by atoms with Crippen molar-refractivity contribution >= 4 is 16.6 Å². The first-order valence-electron chi connectivity index (χ1n) is 6.57. The lowest BCUT2D eigenvalue weighted by Gasteiger charge is -2.22. The predicted octanol–water partition coefficient (Wildman–Crippen LogP) is 3.24. The first kappa shape index (κ1) is 14.2. The highest BCUT2D eigenvalue weighted by atomic mass is 32.2. The van der Waals surface area contributed by atoms with Crippen LogP contribution in [0.15, 0.2) is 42.3 Å². The lowest BCUT2D eigenvalue weighted by Crippen LogP contribution is -2.19. The molecular formula is C16H20O2S. The molecule has 0 radical (unpaired) electrons. The van der Waals surface area contributed by atoms with Gasteiger partial charge in [-0.15, -0.1) is 13.2 Å². The van der Waals surface area contributed by atoms with E-state index in [1.165, 1.54) is 5.56 Å². The summed E-state index contributed by atoms with van der Waals surface area (Å²) in [4.78, 5) is 12.3. The zero-order valence-electron chi connectivity index (χ0n) is 11.4. The van der Waals surface area contributed by atoms with E-state index >= 15 is 0 Å². The van der Waals surface area contributed by atoms with Crippen LogP contribution in [0, 0.1) is 5.92 Å². The highest BCUT2D eigenvalue weighted by Gasteiger charge is 2.57. The van der Waals surface area contributed by atoms with Crippen LogP contribution in [0.1, 0.15) is 31.2 Å². The highest BCUT2D eigenvalue weighted by molar-refractivity contribution is 7.84. The van der Waals surface area contributed by atoms with E-state index in [9.17, 15) is 9.00 Å². The highest BCUT2D eigenvalue weighted by Crippen LogP contribution is 2.61. The molecule has 0 heterocycles. The van der Waals surface area contributed by atoms with Crippen LogP contribution in [-0.2, 0) is 21.0 Å². The van der Waals surface area contributed by atoms with Crippen molar-refractivity contribution in [3.8, 4) is 0 Å². The molecule has 3 rings (SSSR count). The predicted molar refractivity (Wildman–Crippen MR) is 78.7 cm³/mol. The molecule has 19 heavy (non-hydrogen) atoms. The Kier molecular flexibility index (Phi) is 4.04. The van der Waals surface area contributed by atoms with Gasteiger partial charge in [-0.2, -0.15) is 0 Å². The number of Topliss-reactive ketones (excluding diaryl/α,β-unsaturated/α-hetero) is 1. The average molecular weight is 276 g/mol. The van der Waals surface area contributed by atoms with E-state index in [4.69, 9.17) is 0 Å². The van der Waals surface area contributed by atoms with Gasteiger partial charge in [0.15, 0.2) is 0 Å². The number of rotatable bonds is 2. The number of carbonyl (C=O) groups is 1. The van der Waals surface area contributed by atoms with Gasteiger partial charge >= 0.3 is 0 Å². The zero-order valence-corrected chi connectivity index (χ0v) is 12.2. The fourth-order valence-corrected chi connectivity index (χ4v) is 3.74. The molecule has 3 heteroatoms. The molecule has 2 aliphatic carbocycles. The van der Waals surface area contributed by atoms with Crippen molar-refractivity contribution in [1.29, 1.82) is 0 Å². The maximum atomic E-state index is 11.5. The molecule has 2 fully saturated rings. The van der Waals surface area contributed by atoms with E-state index in [1.807, 2.05) is 12.1 Å². The van der Waals surface area contributed by atoms with E-state index in [0.717, 1.165) is 30.6 Å². The average Bonchev–Trinajstić information content (AvgIpc) is 3.16. The summed E-state index contributed by atoms with van der Waals surface area (Å²) in [5, 5.41) is 0. The number of benzene rings is 1. The number of fused-ring (bicyclic) bond motifs is 1. The Balaban J connectivity index is 0.000000637. The Hall–Kier alpha value is -1.22. The van der Waals surface area contributed by atoms with Crippen LogP contribution in [0.25, 0.3) is 0 Å². The summed E-state index contributed by atoms with van der Waals surface area (Å²) in [5.41, 5.74) is 1.53. The summed E-state index contributed by atoms with van der Waals surface area (Å²) < 4.78 is 11.5. The quantitative estimate of drug-likeness (QED) is 0.777. The summed E-state index contributed by atoms with van der Waals surface area (Å²) in [7, 11) is -0.917. The third-order valence-electron chi connectivity index (χ3n) is 4.30. The fourth-order valence-electron chi connectivity index (χ4n) is 3.18. The van der Waals surface area contributed by atoms with Crippen molar-refractivity contribution in [3.05, 3.63) is 43.0 Å². The first-order valence-corrected chi connectivity index (χ1v) is 8.13. The smallest absolute Gasteiger partial charge is 0.133 e. The van der Waals surface area contributed by atoms with Gasteiger partial charge in [-0.3, -0.25) is 9.00 Å². The molecule has 0 saturated heterocycles. The van der Waals surface area contributed by atoms with Crippen molar-refractivity contribution in [3.63, 3.8) is 0 Å². The molecule has 0 bridgehead atoms. The van der Waals surface area contributed by atoms with E-state index in [-0.39, 0.29) is 5.41 Å². The first-order chi connectivity index (χ1) is 9.12. The molecule has 0 N–H and O–H groups in total. The normalized spacial score (nSPS) is 29.7. The van der Waals surface area contributed by atoms with E-state index in [2.05, 4.69) is 25.3 Å². The second-order valence-electron chi connectivity index (χ2n) is 5.28. The molecule has 1 aromatic carbocycles. The summed E-state index contributed by atoms with van der Waals surface area (Å²) in [6.45, 7) is 6.00. The lowest BCUT2D eigenvalue weighted by molar-refractivity contribution is -0.120. The van der Waals surface area contributed by atoms with Crippen LogP contribution in [0.4, 0.5) is 0 Å². The second-order valence-corrected chi connectivity index (χ2v) is 6.66. The third kappa shape index (κ3) is 2.57. The van der Waals surface area contributed by atoms with Crippen LogP contribution in [0.3, 0.4) is 0 Å². The number of hydrogen-bond acceptors (Lipinski definition) is 2. The number of ketones is 1. The van der Waals surface area contributed by atoms with Crippen molar-refractivity contribution in [2.24, 2.45) is 5.92 Å². The van der Waals surface area contributed by atoms with Gasteiger partial charge < -0.3 is 0 Å². The molecule has 3 atom stereocenters. The van der Waals surface area contributed by atoms with Crippen molar-refractivity contribution < 1.29 is 9.00 Å². The minimum Gasteiger partial charge on any atom is -0.300 e. The molecular weight excluding hydrogens is 256 g/mol. The van der Waals surface area contributed by atoms with Crippen LogP contribution < -0.4 is 0 Å². The Morgan fingerprint density at radius 2 is 2.11 bits per heavy atom. The molecule has 0 spiro atoms. The number of hydrogen-bond donors (Lipinski definition) is 0. The summed E-state index contributed by atoms with van der Waals surface area (Å²) >= 11 is 0. The fraction of sp³-hybridized carbons (Fsp3) is 0.438. The molecule has 3 unspecified atom stereocenters. The Morgan fingerprint density at radius 3 is 2.74 bits per heavy atom. The van der Waals surface area contributed by atoms with Crippen molar-refractivity contribution in [2.45, 2.75) is 36.0 Å². The molecule has 102 valence electrons. The Morgan fingerprint density at radius 1 is 1.37 bits per heavy atom. The topological polar surface area (TPSA) is 34.1 Å². The van der Waals surface area contributed by atoms with Gasteiger partial charge in [-0.1, -0.05) is 12.1 Å². The van der Waals surface area contributed by atoms with Gasteiger partial charge in [-0.25, -0.2) is 0 Å². The molecule has 0 aliphatic heterocycles. The Labute approximate surface area is 117 Å². The van der Waals surface area contributed by atoms with Gasteiger partial charge in [0.1, 0.15) is 5.78 Å². The van der Waals surface area contributed by atoms with Crippen molar-refractivity contribution in [2.75, 3.05) is 6.26 Å². The van der Waals surface area contributed by atoms with Gasteiger partial charge in [-0.05, 0) is 41.9 Å². The van der Waals surface area contributed by atoms with Gasteiger partial charge in [0.2, 0.25) is 0 Å². The summed E-state index contributed by atoms with van der Waals surface area (Å²) in [6.07, 6.45) is 5.30. The second kappa shape index (κ2) is 5.41. The monoisotopic (exact) mass is 276 g/mol. The Bertz CT molecular complexity index is 523. The zero-order chi connectivity index (χ0) is 14.0. The summed E-state index contributed by atoms with van der Waals surface area (Å²) in [6, 6.07) is 8.12. The van der Waals surface area contributed by atoms with E-state index < -0.39 is 10.8 Å². The SMILES string of the molecule is C=C.CS(=O)c1cccc(C23CCC(=O)CC2C3)c1. The van der Waals surface area contributed by atoms with Crippen molar-refractivity contribution in [1.82, 2.24) is 0 Å². The van der Waals surface area contributed by atoms with Crippen LogP contribution >= 0.6 is 0 Å². The largest absolute Gasteiger partial charge is 0.300 e. The minimum atomic E-state index is -0.917. The van der Waals surface area contributed by atoms with Crippen LogP contribution in [0.5, 0.6) is 0 Å². The molecule has 2 saturated carbocycles. The van der Waals surface area contributed by atoms with Crippen LogP contribution in [-0.4, -0.2) is 16.2 Å². The minimum absolute atomic E-state index is 0.239. The number of carbonyl (C=O) groups excluding carboxylic acids is 1. The van der Waals surface area contributed by atoms with Crippen LogP contribution in [0.2, 0.25) is 0 Å². The lowest BCUT2D eigenvalue weighted by atomic mass is 9.82. The molecule has 2 nitrogen and oxygen atoms in total. The summed E-state index contributed by atoms with van der Waals surface area (Å²) in [5.74, 6) is 0.961. The molecule has 1 aromatic rings. The third-order valence-corrected chi connectivity index (χ3v) is 5.21. The maximum Gasteiger partial charge on any atom is 0.133 e. The van der Waals surface area contributed by atoms with Gasteiger partial charge in [0, 0.05) is 34.8 Å². The van der Waals surface area contributed by atoms with E-state index in [1.54, 1.807) is 6.26 Å². The molecule has 0 aromatic heterocycles.